The van der Waals surface area contributed by atoms with Gasteiger partial charge in [-0.2, -0.15) is 0 Å². The zero-order valence-electron chi connectivity index (χ0n) is 12.1. The molecule has 1 N–H and O–H groups in total. The maximum atomic E-state index is 6.14. The van der Waals surface area contributed by atoms with Crippen molar-refractivity contribution in [1.82, 2.24) is 5.32 Å². The van der Waals surface area contributed by atoms with Crippen LogP contribution in [0.3, 0.4) is 0 Å². The molecule has 3 heteroatoms. The van der Waals surface area contributed by atoms with Crippen molar-refractivity contribution in [2.24, 2.45) is 0 Å². The van der Waals surface area contributed by atoms with E-state index in [1.54, 1.807) is 0 Å². The lowest BCUT2D eigenvalue weighted by Gasteiger charge is -2.23. The summed E-state index contributed by atoms with van der Waals surface area (Å²) in [4.78, 5) is 0. The lowest BCUT2D eigenvalue weighted by molar-refractivity contribution is 0.134. The first-order chi connectivity index (χ1) is 10.3. The third kappa shape index (κ3) is 2.23. The lowest BCUT2D eigenvalue weighted by atomic mass is 9.95. The molecule has 2 atom stereocenters. The molecule has 2 unspecified atom stereocenters. The average Bonchev–Trinajstić information content (AvgIpc) is 3.13. The summed E-state index contributed by atoms with van der Waals surface area (Å²) in [5.74, 6) is 1.02. The van der Waals surface area contributed by atoms with Crippen molar-refractivity contribution in [2.75, 3.05) is 7.05 Å². The van der Waals surface area contributed by atoms with Crippen LogP contribution >= 0.6 is 0 Å². The van der Waals surface area contributed by atoms with Crippen molar-refractivity contribution in [2.45, 2.75) is 31.8 Å². The number of fused-ring (bicyclic) bond motifs is 2. The number of para-hydroxylation sites is 1. The lowest BCUT2D eigenvalue weighted by Crippen LogP contribution is -2.32. The second-order valence-electron chi connectivity index (χ2n) is 5.76. The smallest absolute Gasteiger partial charge is 0.123 e. The van der Waals surface area contributed by atoms with Crippen molar-refractivity contribution in [3.63, 3.8) is 0 Å². The molecule has 2 aromatic rings. The Bertz CT molecular complexity index is 643. The Balaban J connectivity index is 1.61. The van der Waals surface area contributed by atoms with E-state index in [1.807, 2.05) is 13.1 Å². The van der Waals surface area contributed by atoms with Gasteiger partial charge in [0.25, 0.3) is 0 Å². The minimum Gasteiger partial charge on any atom is -0.488 e. The minimum absolute atomic E-state index is 0.146. The zero-order valence-corrected chi connectivity index (χ0v) is 12.1. The quantitative estimate of drug-likeness (QED) is 0.938. The molecule has 0 radical (unpaired) electrons. The Kier molecular flexibility index (Phi) is 3.17. The monoisotopic (exact) mass is 281 g/mol. The van der Waals surface area contributed by atoms with Gasteiger partial charge < -0.3 is 14.8 Å². The molecule has 2 aliphatic rings. The van der Waals surface area contributed by atoms with Gasteiger partial charge in [-0.1, -0.05) is 36.4 Å². The van der Waals surface area contributed by atoms with Gasteiger partial charge >= 0.3 is 0 Å². The zero-order chi connectivity index (χ0) is 14.2. The molecule has 0 aromatic heterocycles. The molecule has 2 aliphatic heterocycles. The van der Waals surface area contributed by atoms with Crippen molar-refractivity contribution < 1.29 is 9.47 Å². The Labute approximate surface area is 124 Å². The van der Waals surface area contributed by atoms with Crippen LogP contribution in [0.25, 0.3) is 0 Å². The van der Waals surface area contributed by atoms with E-state index in [9.17, 15) is 0 Å². The topological polar surface area (TPSA) is 30.5 Å². The van der Waals surface area contributed by atoms with Crippen LogP contribution in [-0.2, 0) is 24.4 Å². The molecule has 21 heavy (non-hydrogen) atoms. The number of likely N-dealkylation sites (N-methyl/N-ethyl adjacent to an activating group) is 1. The van der Waals surface area contributed by atoms with Crippen molar-refractivity contribution in [3.05, 3.63) is 64.7 Å². The van der Waals surface area contributed by atoms with Gasteiger partial charge in [0.2, 0.25) is 0 Å². The van der Waals surface area contributed by atoms with Gasteiger partial charge in [0.05, 0.1) is 19.3 Å². The number of hydrogen-bond acceptors (Lipinski definition) is 3. The third-order valence-electron chi connectivity index (χ3n) is 4.46. The van der Waals surface area contributed by atoms with Gasteiger partial charge in [0.1, 0.15) is 11.9 Å². The molecule has 0 saturated carbocycles. The highest BCUT2D eigenvalue weighted by Gasteiger charge is 2.30. The molecule has 0 fully saturated rings. The van der Waals surface area contributed by atoms with E-state index >= 15 is 0 Å². The van der Waals surface area contributed by atoms with Gasteiger partial charge in [-0.25, -0.2) is 0 Å². The third-order valence-corrected chi connectivity index (χ3v) is 4.46. The second-order valence-corrected chi connectivity index (χ2v) is 5.76. The van der Waals surface area contributed by atoms with Crippen molar-refractivity contribution >= 4 is 0 Å². The fourth-order valence-electron chi connectivity index (χ4n) is 3.35. The van der Waals surface area contributed by atoms with Gasteiger partial charge in [-0.15, -0.1) is 0 Å². The summed E-state index contributed by atoms with van der Waals surface area (Å²) in [5, 5.41) is 3.42. The molecule has 2 aromatic carbocycles. The normalized spacial score (nSPS) is 20.7. The van der Waals surface area contributed by atoms with Crippen molar-refractivity contribution in [1.29, 1.82) is 0 Å². The van der Waals surface area contributed by atoms with Crippen molar-refractivity contribution in [3.8, 4) is 5.75 Å². The fraction of sp³-hybridized carbons (Fsp3) is 0.333. The van der Waals surface area contributed by atoms with Crippen LogP contribution in [0.1, 0.15) is 28.3 Å². The van der Waals surface area contributed by atoms with Gasteiger partial charge in [0.15, 0.2) is 0 Å². The summed E-state index contributed by atoms with van der Waals surface area (Å²) in [6.07, 6.45) is 1.10. The second kappa shape index (κ2) is 5.17. The standard InChI is InChI=1S/C18H19NO2/c1-19-18(13-6-7-14-10-20-11-15(14)8-13)17-9-12-4-2-3-5-16(12)21-17/h2-8,17-19H,9-11H2,1H3. The van der Waals surface area contributed by atoms with E-state index in [4.69, 9.17) is 9.47 Å². The number of benzene rings is 2. The number of rotatable bonds is 3. The van der Waals surface area contributed by atoms with E-state index in [0.717, 1.165) is 25.4 Å². The maximum Gasteiger partial charge on any atom is 0.123 e. The van der Waals surface area contributed by atoms with Crippen LogP contribution in [0.5, 0.6) is 5.75 Å². The molecular weight excluding hydrogens is 262 g/mol. The largest absolute Gasteiger partial charge is 0.488 e. The summed E-state index contributed by atoms with van der Waals surface area (Å²) in [6.45, 7) is 1.47. The van der Waals surface area contributed by atoms with E-state index in [1.165, 1.54) is 22.3 Å². The fourth-order valence-corrected chi connectivity index (χ4v) is 3.35. The van der Waals surface area contributed by atoms with E-state index < -0.39 is 0 Å². The predicted molar refractivity (Wildman–Crippen MR) is 81.3 cm³/mol. The van der Waals surface area contributed by atoms with Crippen LogP contribution < -0.4 is 10.1 Å². The first-order valence-electron chi connectivity index (χ1n) is 7.46. The van der Waals surface area contributed by atoms with E-state index in [2.05, 4.69) is 41.7 Å². The molecule has 0 amide bonds. The van der Waals surface area contributed by atoms with E-state index in [-0.39, 0.29) is 12.1 Å². The highest BCUT2D eigenvalue weighted by atomic mass is 16.5. The summed E-state index contributed by atoms with van der Waals surface area (Å²) in [7, 11) is 2.00. The number of nitrogens with one attached hydrogen (secondary N) is 1. The molecule has 2 heterocycles. The Morgan fingerprint density at radius 1 is 1.05 bits per heavy atom. The SMILES string of the molecule is CNC(c1ccc2c(c1)COC2)C1Cc2ccccc2O1. The molecule has 0 spiro atoms. The van der Waals surface area contributed by atoms with Crippen LogP contribution in [0.15, 0.2) is 42.5 Å². The van der Waals surface area contributed by atoms with Gasteiger partial charge in [0, 0.05) is 6.42 Å². The maximum absolute atomic E-state index is 6.14. The molecule has 108 valence electrons. The first kappa shape index (κ1) is 12.9. The molecule has 4 rings (SSSR count). The van der Waals surface area contributed by atoms with Crippen LogP contribution in [0.2, 0.25) is 0 Å². The van der Waals surface area contributed by atoms with Gasteiger partial charge in [-0.3, -0.25) is 0 Å². The summed E-state index contributed by atoms with van der Waals surface area (Å²) in [5.41, 5.74) is 5.19. The van der Waals surface area contributed by atoms with Crippen LogP contribution in [0.4, 0.5) is 0 Å². The first-order valence-corrected chi connectivity index (χ1v) is 7.46. The Morgan fingerprint density at radius 3 is 2.76 bits per heavy atom. The number of hydrogen-bond donors (Lipinski definition) is 1. The molecule has 0 bridgehead atoms. The summed E-state index contributed by atoms with van der Waals surface area (Å²) >= 11 is 0. The predicted octanol–water partition coefficient (Wildman–Crippen LogP) is 2.98. The summed E-state index contributed by atoms with van der Waals surface area (Å²) < 4.78 is 11.6. The molecular formula is C18H19NO2. The highest BCUT2D eigenvalue weighted by Crippen LogP contribution is 2.35. The average molecular weight is 281 g/mol. The van der Waals surface area contributed by atoms with E-state index in [0.29, 0.717) is 0 Å². The molecule has 3 nitrogen and oxygen atoms in total. The summed E-state index contributed by atoms with van der Waals surface area (Å²) in [6, 6.07) is 15.1. The highest BCUT2D eigenvalue weighted by molar-refractivity contribution is 5.40. The molecule has 0 aliphatic carbocycles. The number of ether oxygens (including phenoxy) is 2. The Hall–Kier alpha value is -1.84. The Morgan fingerprint density at radius 2 is 1.90 bits per heavy atom. The molecule has 0 saturated heterocycles. The van der Waals surface area contributed by atoms with Gasteiger partial charge in [-0.05, 0) is 35.4 Å². The minimum atomic E-state index is 0.146. The van der Waals surface area contributed by atoms with Crippen LogP contribution in [-0.4, -0.2) is 13.2 Å². The van der Waals surface area contributed by atoms with Crippen LogP contribution in [0, 0.1) is 0 Å².